The number of amides is 2. The van der Waals surface area contributed by atoms with Gasteiger partial charge in [-0.15, -0.1) is 0 Å². The number of pyridine rings is 1. The van der Waals surface area contributed by atoms with Gasteiger partial charge in [0.2, 0.25) is 0 Å². The second-order valence-electron chi connectivity index (χ2n) is 5.94. The van der Waals surface area contributed by atoms with E-state index in [-0.39, 0.29) is 11.8 Å². The van der Waals surface area contributed by atoms with Gasteiger partial charge in [-0.2, -0.15) is 0 Å². The summed E-state index contributed by atoms with van der Waals surface area (Å²) in [5, 5.41) is 2.78. The maximum atomic E-state index is 12.3. The van der Waals surface area contributed by atoms with Gasteiger partial charge in [0.1, 0.15) is 0 Å². The van der Waals surface area contributed by atoms with Gasteiger partial charge in [0.15, 0.2) is 5.76 Å². The molecule has 1 N–H and O–H groups in total. The lowest BCUT2D eigenvalue weighted by Crippen LogP contribution is -2.48. The highest BCUT2D eigenvalue weighted by Gasteiger charge is 2.24. The Labute approximate surface area is 151 Å². The van der Waals surface area contributed by atoms with Crippen molar-refractivity contribution in [2.24, 2.45) is 0 Å². The third-order valence-electron chi connectivity index (χ3n) is 4.24. The van der Waals surface area contributed by atoms with E-state index in [1.165, 1.54) is 6.26 Å². The van der Waals surface area contributed by atoms with Crippen molar-refractivity contribution in [1.82, 2.24) is 15.2 Å². The Morgan fingerprint density at radius 3 is 2.77 bits per heavy atom. The summed E-state index contributed by atoms with van der Waals surface area (Å²) in [6.07, 6.45) is 4.77. The van der Waals surface area contributed by atoms with E-state index < -0.39 is 0 Å². The molecular formula is C18H22N4O4. The van der Waals surface area contributed by atoms with Crippen molar-refractivity contribution in [2.75, 3.05) is 51.3 Å². The number of hydrogen-bond acceptors (Lipinski definition) is 6. The zero-order chi connectivity index (χ0) is 18.4. The summed E-state index contributed by atoms with van der Waals surface area (Å²) in [5.41, 5.74) is 1.38. The molecule has 8 nitrogen and oxygen atoms in total. The highest BCUT2D eigenvalue weighted by Crippen LogP contribution is 2.18. The van der Waals surface area contributed by atoms with E-state index in [1.54, 1.807) is 36.5 Å². The summed E-state index contributed by atoms with van der Waals surface area (Å²) in [5.74, 6) is 0.0805. The monoisotopic (exact) mass is 358 g/mol. The van der Waals surface area contributed by atoms with Crippen LogP contribution in [0.3, 0.4) is 0 Å². The van der Waals surface area contributed by atoms with Gasteiger partial charge in [-0.3, -0.25) is 14.6 Å². The van der Waals surface area contributed by atoms with Crippen LogP contribution in [0.2, 0.25) is 0 Å². The van der Waals surface area contributed by atoms with E-state index in [4.69, 9.17) is 9.15 Å². The molecule has 3 rings (SSSR count). The molecule has 2 aromatic heterocycles. The number of rotatable bonds is 6. The molecule has 0 aromatic carbocycles. The first-order chi connectivity index (χ1) is 12.7. The molecule has 0 radical (unpaired) electrons. The summed E-state index contributed by atoms with van der Waals surface area (Å²) < 4.78 is 10.1. The molecule has 26 heavy (non-hydrogen) atoms. The molecular weight excluding hydrogens is 336 g/mol. The van der Waals surface area contributed by atoms with Gasteiger partial charge < -0.3 is 24.3 Å². The van der Waals surface area contributed by atoms with Crippen LogP contribution in [0.15, 0.2) is 41.3 Å². The summed E-state index contributed by atoms with van der Waals surface area (Å²) in [6.45, 7) is 3.43. The third-order valence-corrected chi connectivity index (χ3v) is 4.24. The average Bonchev–Trinajstić information content (AvgIpc) is 3.22. The molecule has 1 saturated heterocycles. The van der Waals surface area contributed by atoms with Gasteiger partial charge in [0.05, 0.1) is 30.3 Å². The van der Waals surface area contributed by atoms with E-state index >= 15 is 0 Å². The molecule has 0 unspecified atom stereocenters. The summed E-state index contributed by atoms with van der Waals surface area (Å²) >= 11 is 0. The lowest BCUT2D eigenvalue weighted by atomic mass is 10.2. The fraction of sp³-hybridized carbons (Fsp3) is 0.389. The predicted molar refractivity (Wildman–Crippen MR) is 95.3 cm³/mol. The SMILES string of the molecule is COCCNC(=O)c1cncc(N2CCN(C(=O)c3ccco3)CC2)c1. The minimum absolute atomic E-state index is 0.0981. The topological polar surface area (TPSA) is 87.9 Å². The molecule has 0 atom stereocenters. The first-order valence-electron chi connectivity index (χ1n) is 8.49. The number of hydrogen-bond donors (Lipinski definition) is 1. The number of nitrogens with zero attached hydrogens (tertiary/aromatic N) is 3. The van der Waals surface area contributed by atoms with Crippen molar-refractivity contribution in [3.8, 4) is 0 Å². The lowest BCUT2D eigenvalue weighted by Gasteiger charge is -2.35. The number of aromatic nitrogens is 1. The number of methoxy groups -OCH3 is 1. The van der Waals surface area contributed by atoms with Crippen LogP contribution in [-0.4, -0.2) is 68.1 Å². The first-order valence-corrected chi connectivity index (χ1v) is 8.49. The van der Waals surface area contributed by atoms with Crippen molar-refractivity contribution in [2.45, 2.75) is 0 Å². The summed E-state index contributed by atoms with van der Waals surface area (Å²) in [6, 6.07) is 5.20. The number of furan rings is 1. The van der Waals surface area contributed by atoms with Crippen molar-refractivity contribution in [1.29, 1.82) is 0 Å². The lowest BCUT2D eigenvalue weighted by molar-refractivity contribution is 0.0714. The highest BCUT2D eigenvalue weighted by atomic mass is 16.5. The molecule has 3 heterocycles. The fourth-order valence-electron chi connectivity index (χ4n) is 2.82. The van der Waals surface area contributed by atoms with E-state index in [2.05, 4.69) is 15.2 Å². The van der Waals surface area contributed by atoms with Crippen LogP contribution in [0.25, 0.3) is 0 Å². The highest BCUT2D eigenvalue weighted by molar-refractivity contribution is 5.94. The summed E-state index contributed by atoms with van der Waals surface area (Å²) in [7, 11) is 1.59. The van der Waals surface area contributed by atoms with Gasteiger partial charge in [0, 0.05) is 46.0 Å². The fourth-order valence-corrected chi connectivity index (χ4v) is 2.82. The van der Waals surface area contributed by atoms with Crippen LogP contribution in [0.1, 0.15) is 20.9 Å². The largest absolute Gasteiger partial charge is 0.459 e. The maximum Gasteiger partial charge on any atom is 0.289 e. The van der Waals surface area contributed by atoms with Crippen LogP contribution in [0.4, 0.5) is 5.69 Å². The van der Waals surface area contributed by atoms with E-state index in [1.807, 2.05) is 6.07 Å². The minimum Gasteiger partial charge on any atom is -0.459 e. The van der Waals surface area contributed by atoms with E-state index in [9.17, 15) is 9.59 Å². The number of carbonyl (C=O) groups is 2. The molecule has 2 aromatic rings. The molecule has 2 amide bonds. The zero-order valence-corrected chi connectivity index (χ0v) is 14.7. The Hall–Kier alpha value is -2.87. The van der Waals surface area contributed by atoms with Crippen LogP contribution in [0.5, 0.6) is 0 Å². The molecule has 0 bridgehead atoms. The molecule has 0 spiro atoms. The number of ether oxygens (including phenoxy) is 1. The smallest absolute Gasteiger partial charge is 0.289 e. The predicted octanol–water partition coefficient (Wildman–Crippen LogP) is 1.01. The van der Waals surface area contributed by atoms with Crippen molar-refractivity contribution >= 4 is 17.5 Å². The van der Waals surface area contributed by atoms with Gasteiger partial charge in [0.25, 0.3) is 11.8 Å². The number of carbonyl (C=O) groups excluding carboxylic acids is 2. The number of nitrogens with one attached hydrogen (secondary N) is 1. The van der Waals surface area contributed by atoms with Gasteiger partial charge in [-0.25, -0.2) is 0 Å². The Morgan fingerprint density at radius 2 is 2.08 bits per heavy atom. The Balaban J connectivity index is 1.58. The standard InChI is InChI=1S/C18H22N4O4/c1-25-10-4-20-17(23)14-11-15(13-19-12-14)21-5-7-22(8-6-21)18(24)16-3-2-9-26-16/h2-3,9,11-13H,4-8,10H2,1H3,(H,20,23). The molecule has 1 aliphatic rings. The van der Waals surface area contributed by atoms with Crippen molar-refractivity contribution in [3.05, 3.63) is 48.2 Å². The van der Waals surface area contributed by atoms with Crippen LogP contribution >= 0.6 is 0 Å². The first kappa shape index (κ1) is 17.9. The van der Waals surface area contributed by atoms with Crippen LogP contribution in [0, 0.1) is 0 Å². The van der Waals surface area contributed by atoms with Gasteiger partial charge in [-0.05, 0) is 18.2 Å². The molecule has 138 valence electrons. The average molecular weight is 358 g/mol. The Kier molecular flexibility index (Phi) is 5.85. The quantitative estimate of drug-likeness (QED) is 0.776. The maximum absolute atomic E-state index is 12.3. The second kappa shape index (κ2) is 8.48. The second-order valence-corrected chi connectivity index (χ2v) is 5.94. The molecule has 0 saturated carbocycles. The number of anilines is 1. The van der Waals surface area contributed by atoms with Crippen molar-refractivity contribution in [3.63, 3.8) is 0 Å². The normalized spacial score (nSPS) is 14.3. The van der Waals surface area contributed by atoms with Gasteiger partial charge >= 0.3 is 0 Å². The van der Waals surface area contributed by atoms with E-state index in [0.29, 0.717) is 50.7 Å². The Bertz CT molecular complexity index is 739. The van der Waals surface area contributed by atoms with Crippen LogP contribution in [-0.2, 0) is 4.74 Å². The summed E-state index contributed by atoms with van der Waals surface area (Å²) in [4.78, 5) is 32.5. The molecule has 1 fully saturated rings. The van der Waals surface area contributed by atoms with Gasteiger partial charge in [-0.1, -0.05) is 0 Å². The minimum atomic E-state index is -0.178. The molecule has 8 heteroatoms. The van der Waals surface area contributed by atoms with Crippen molar-refractivity contribution < 1.29 is 18.7 Å². The third kappa shape index (κ3) is 4.20. The molecule has 1 aliphatic heterocycles. The van der Waals surface area contributed by atoms with E-state index in [0.717, 1.165) is 5.69 Å². The molecule has 0 aliphatic carbocycles. The zero-order valence-electron chi connectivity index (χ0n) is 14.7. The number of piperazine rings is 1. The van der Waals surface area contributed by atoms with Crippen LogP contribution < -0.4 is 10.2 Å². The Morgan fingerprint density at radius 1 is 1.27 bits per heavy atom.